The van der Waals surface area contributed by atoms with E-state index in [9.17, 15) is 9.59 Å². The summed E-state index contributed by atoms with van der Waals surface area (Å²) in [5.74, 6) is -0.354. The van der Waals surface area contributed by atoms with E-state index in [1.54, 1.807) is 36.6 Å². The maximum atomic E-state index is 12.1. The van der Waals surface area contributed by atoms with Crippen molar-refractivity contribution in [2.45, 2.75) is 0 Å². The zero-order valence-corrected chi connectivity index (χ0v) is 14.3. The Labute approximate surface area is 147 Å². The van der Waals surface area contributed by atoms with Gasteiger partial charge in [-0.25, -0.2) is 0 Å². The molecule has 1 aliphatic heterocycles. The van der Waals surface area contributed by atoms with Gasteiger partial charge >= 0.3 is 0 Å². The van der Waals surface area contributed by atoms with Crippen LogP contribution >= 0.6 is 0 Å². The third-order valence-electron chi connectivity index (χ3n) is 3.65. The number of hydrogen-bond acceptors (Lipinski definition) is 4. The highest BCUT2D eigenvalue weighted by molar-refractivity contribution is 5.99. The molecule has 25 heavy (non-hydrogen) atoms. The molecule has 2 N–H and O–H groups in total. The normalized spacial score (nSPS) is 13.4. The lowest BCUT2D eigenvalue weighted by molar-refractivity contribution is -0.117. The lowest BCUT2D eigenvalue weighted by Crippen LogP contribution is -2.29. The first-order valence-electron chi connectivity index (χ1n) is 7.94. The van der Waals surface area contributed by atoms with Crippen LogP contribution in [0.4, 0.5) is 0 Å². The molecule has 0 unspecified atom stereocenters. The molecule has 2 heterocycles. The van der Waals surface area contributed by atoms with Crippen LogP contribution in [0.1, 0.15) is 16.1 Å². The van der Waals surface area contributed by atoms with E-state index in [1.807, 2.05) is 18.0 Å². The Morgan fingerprint density at radius 2 is 1.92 bits per heavy atom. The van der Waals surface area contributed by atoms with Gasteiger partial charge in [0.1, 0.15) is 0 Å². The highest BCUT2D eigenvalue weighted by atomic mass is 16.2. The summed E-state index contributed by atoms with van der Waals surface area (Å²) < 4.78 is 0. The van der Waals surface area contributed by atoms with Crippen LogP contribution in [0, 0.1) is 0 Å². The van der Waals surface area contributed by atoms with Crippen molar-refractivity contribution in [3.05, 3.63) is 72.6 Å². The Balaban J connectivity index is 2.26. The van der Waals surface area contributed by atoms with Gasteiger partial charge in [0.25, 0.3) is 11.8 Å². The molecule has 1 aliphatic rings. The van der Waals surface area contributed by atoms with E-state index in [2.05, 4.69) is 28.8 Å². The zero-order chi connectivity index (χ0) is 18.2. The molecule has 6 nitrogen and oxygen atoms in total. The van der Waals surface area contributed by atoms with Gasteiger partial charge in [0, 0.05) is 44.0 Å². The fraction of sp³-hybridized carbons (Fsp3) is 0.211. The molecule has 2 amide bonds. The molecular formula is C19H22N4O2. The summed E-state index contributed by atoms with van der Waals surface area (Å²) in [7, 11) is 1.91. The van der Waals surface area contributed by atoms with Crippen LogP contribution in [0.2, 0.25) is 0 Å². The van der Waals surface area contributed by atoms with Crippen molar-refractivity contribution in [1.82, 2.24) is 20.5 Å². The van der Waals surface area contributed by atoms with Crippen LogP contribution in [0.15, 0.2) is 61.4 Å². The molecule has 0 atom stereocenters. The second kappa shape index (κ2) is 8.63. The van der Waals surface area contributed by atoms with Crippen LogP contribution in [0.5, 0.6) is 0 Å². The predicted octanol–water partition coefficient (Wildman–Crippen LogP) is 1.51. The minimum absolute atomic E-state index is 0.162. The number of likely N-dealkylation sites (N-methyl/N-ethyl adjacent to an activating group) is 1. The topological polar surface area (TPSA) is 74.3 Å². The van der Waals surface area contributed by atoms with Gasteiger partial charge in [0.15, 0.2) is 0 Å². The molecule has 0 radical (unpaired) electrons. The number of hydrogen-bond donors (Lipinski definition) is 2. The Morgan fingerprint density at radius 1 is 1.24 bits per heavy atom. The minimum Gasteiger partial charge on any atom is -0.369 e. The van der Waals surface area contributed by atoms with Crippen molar-refractivity contribution in [1.29, 1.82) is 0 Å². The molecule has 0 fully saturated rings. The van der Waals surface area contributed by atoms with Gasteiger partial charge < -0.3 is 15.5 Å². The van der Waals surface area contributed by atoms with E-state index in [-0.39, 0.29) is 11.8 Å². The molecule has 0 saturated heterocycles. The number of rotatable bonds is 7. The molecule has 0 aromatic carbocycles. The summed E-state index contributed by atoms with van der Waals surface area (Å²) in [6.07, 6.45) is 8.46. The van der Waals surface area contributed by atoms with Crippen molar-refractivity contribution in [3.8, 4) is 0 Å². The zero-order valence-electron chi connectivity index (χ0n) is 14.3. The molecule has 0 bridgehead atoms. The van der Waals surface area contributed by atoms with Gasteiger partial charge in [-0.3, -0.25) is 14.6 Å². The average Bonchev–Trinajstić information content (AvgIpc) is 2.64. The van der Waals surface area contributed by atoms with E-state index in [1.165, 1.54) is 0 Å². The van der Waals surface area contributed by atoms with E-state index in [4.69, 9.17) is 0 Å². The van der Waals surface area contributed by atoms with Crippen molar-refractivity contribution in [2.75, 3.05) is 26.7 Å². The Hall–Kier alpha value is -3.15. The first-order valence-corrected chi connectivity index (χ1v) is 7.94. The smallest absolute Gasteiger partial charge is 0.251 e. The number of carbonyl (C=O) groups is 2. The van der Waals surface area contributed by atoms with Crippen LogP contribution in [-0.4, -0.2) is 48.4 Å². The summed E-state index contributed by atoms with van der Waals surface area (Å²) >= 11 is 0. The Bertz CT molecular complexity index is 750. The van der Waals surface area contributed by atoms with Crippen LogP contribution < -0.4 is 10.6 Å². The molecule has 6 heteroatoms. The van der Waals surface area contributed by atoms with Gasteiger partial charge in [0.2, 0.25) is 0 Å². The largest absolute Gasteiger partial charge is 0.369 e. The maximum absolute atomic E-state index is 12.1. The van der Waals surface area contributed by atoms with Crippen LogP contribution in [0.3, 0.4) is 0 Å². The predicted molar refractivity (Wildman–Crippen MR) is 98.7 cm³/mol. The first kappa shape index (κ1) is 18.2. The molecule has 2 rings (SSSR count). The Morgan fingerprint density at radius 3 is 2.60 bits per heavy atom. The Kier molecular flexibility index (Phi) is 6.28. The van der Waals surface area contributed by atoms with Crippen LogP contribution in [0.25, 0.3) is 5.70 Å². The van der Waals surface area contributed by atoms with Gasteiger partial charge in [-0.1, -0.05) is 18.2 Å². The fourth-order valence-electron chi connectivity index (χ4n) is 2.32. The number of pyridine rings is 1. The molecule has 0 spiro atoms. The third-order valence-corrected chi connectivity index (χ3v) is 3.65. The van der Waals surface area contributed by atoms with Crippen molar-refractivity contribution in [2.24, 2.45) is 0 Å². The number of nitrogens with zero attached hydrogens (tertiary/aromatic N) is 2. The van der Waals surface area contributed by atoms with Crippen molar-refractivity contribution >= 4 is 17.5 Å². The summed E-state index contributed by atoms with van der Waals surface area (Å²) in [6, 6.07) is 3.37. The standard InChI is InChI=1S/C19H22N4O2/c1-4-8-21-18(24)14-6-10-20-16(12-14)17-13-15(7-11-23(17)3)19(25)22-9-5-2/h4-7,10,12-13H,1-2,8-9,11H2,3H3,(H,21,24)(H,22,25). The highest BCUT2D eigenvalue weighted by Crippen LogP contribution is 2.22. The van der Waals surface area contributed by atoms with Crippen molar-refractivity contribution < 1.29 is 9.59 Å². The average molecular weight is 338 g/mol. The molecule has 1 aromatic heterocycles. The van der Waals surface area contributed by atoms with E-state index >= 15 is 0 Å². The summed E-state index contributed by atoms with van der Waals surface area (Å²) in [5.41, 5.74) is 2.49. The molecular weight excluding hydrogens is 316 g/mol. The number of aromatic nitrogens is 1. The summed E-state index contributed by atoms with van der Waals surface area (Å²) in [6.45, 7) is 8.56. The van der Waals surface area contributed by atoms with Gasteiger partial charge in [-0.05, 0) is 18.2 Å². The minimum atomic E-state index is -0.192. The lowest BCUT2D eigenvalue weighted by atomic mass is 10.1. The maximum Gasteiger partial charge on any atom is 0.251 e. The monoisotopic (exact) mass is 338 g/mol. The molecule has 130 valence electrons. The van der Waals surface area contributed by atoms with Gasteiger partial charge in [-0.2, -0.15) is 0 Å². The van der Waals surface area contributed by atoms with E-state index in [0.29, 0.717) is 36.5 Å². The second-order valence-electron chi connectivity index (χ2n) is 5.50. The molecule has 0 aliphatic carbocycles. The van der Waals surface area contributed by atoms with E-state index < -0.39 is 0 Å². The summed E-state index contributed by atoms with van der Waals surface area (Å²) in [5, 5.41) is 5.50. The third kappa shape index (κ3) is 4.67. The highest BCUT2D eigenvalue weighted by Gasteiger charge is 2.18. The fourth-order valence-corrected chi connectivity index (χ4v) is 2.32. The molecule has 0 saturated carbocycles. The lowest BCUT2D eigenvalue weighted by Gasteiger charge is -2.25. The van der Waals surface area contributed by atoms with Crippen molar-refractivity contribution in [3.63, 3.8) is 0 Å². The number of nitrogens with one attached hydrogen (secondary N) is 2. The number of carbonyl (C=O) groups excluding carboxylic acids is 2. The van der Waals surface area contributed by atoms with E-state index in [0.717, 1.165) is 5.70 Å². The number of amides is 2. The first-order chi connectivity index (χ1) is 12.1. The van der Waals surface area contributed by atoms with Gasteiger partial charge in [0.05, 0.1) is 11.4 Å². The SMILES string of the molecule is C=CCNC(=O)C1=CCN(C)C(c2cc(C(=O)NCC=C)ccn2)=C1. The quantitative estimate of drug-likeness (QED) is 0.739. The second-order valence-corrected chi connectivity index (χ2v) is 5.50. The van der Waals surface area contributed by atoms with Gasteiger partial charge in [-0.15, -0.1) is 13.2 Å². The van der Waals surface area contributed by atoms with Crippen LogP contribution in [-0.2, 0) is 4.79 Å². The molecule has 1 aromatic rings. The summed E-state index contributed by atoms with van der Waals surface area (Å²) in [4.78, 5) is 30.6.